The normalized spacial score (nSPS) is 9.71. The Labute approximate surface area is 126 Å². The number of carbonyl (C=O) groups is 1. The molecule has 106 valence electrons. The van der Waals surface area contributed by atoms with Gasteiger partial charge in [-0.3, -0.25) is 4.79 Å². The van der Waals surface area contributed by atoms with Gasteiger partial charge in [0, 0.05) is 10.6 Å². The fraction of sp³-hybridized carbons (Fsp3) is 0.143. The first kappa shape index (κ1) is 14.8. The number of hydrogen-bond donors (Lipinski definition) is 1. The fourth-order valence-corrected chi connectivity index (χ4v) is 1.58. The van der Waals surface area contributed by atoms with Crippen molar-refractivity contribution in [1.29, 1.82) is 5.26 Å². The summed E-state index contributed by atoms with van der Waals surface area (Å²) in [6.45, 7) is 0.538. The highest BCUT2D eigenvalue weighted by Gasteiger charge is 2.04. The van der Waals surface area contributed by atoms with Crippen LogP contribution in [-0.4, -0.2) is 29.0 Å². The summed E-state index contributed by atoms with van der Waals surface area (Å²) in [6, 6.07) is 8.66. The van der Waals surface area contributed by atoms with Crippen molar-refractivity contribution in [1.82, 2.24) is 15.3 Å². The van der Waals surface area contributed by atoms with E-state index in [1.165, 1.54) is 12.4 Å². The van der Waals surface area contributed by atoms with Gasteiger partial charge in [-0.05, 0) is 24.3 Å². The topological polar surface area (TPSA) is 87.9 Å². The fourth-order valence-electron chi connectivity index (χ4n) is 1.46. The first-order valence-electron chi connectivity index (χ1n) is 6.08. The van der Waals surface area contributed by atoms with Crippen LogP contribution in [0.15, 0.2) is 36.7 Å². The van der Waals surface area contributed by atoms with E-state index >= 15 is 0 Å². The van der Waals surface area contributed by atoms with Crippen molar-refractivity contribution in [2.24, 2.45) is 0 Å². The molecular weight excluding hydrogens is 292 g/mol. The molecule has 1 aromatic heterocycles. The van der Waals surface area contributed by atoms with Crippen LogP contribution in [0.4, 0.5) is 0 Å². The smallest absolute Gasteiger partial charge is 0.316 e. The number of benzene rings is 1. The first-order valence-corrected chi connectivity index (χ1v) is 6.45. The molecule has 0 spiro atoms. The van der Waals surface area contributed by atoms with Crippen LogP contribution in [0, 0.1) is 11.3 Å². The summed E-state index contributed by atoms with van der Waals surface area (Å²) >= 11 is 5.75. The zero-order chi connectivity index (χ0) is 15.1. The number of nitrogens with one attached hydrogen (secondary N) is 1. The van der Waals surface area contributed by atoms with Crippen molar-refractivity contribution >= 4 is 17.5 Å². The predicted molar refractivity (Wildman–Crippen MR) is 76.0 cm³/mol. The standard InChI is InChI=1S/C14H11ClN4O2/c15-12-3-1-11(2-4-12)13(20)17-5-6-21-14-18-8-10(7-16)9-19-14/h1-4,8-9H,5-6H2,(H,17,20). The number of aromatic nitrogens is 2. The Kier molecular flexibility index (Phi) is 5.07. The second kappa shape index (κ2) is 7.22. The Morgan fingerprint density at radius 3 is 2.57 bits per heavy atom. The molecule has 2 aromatic rings. The summed E-state index contributed by atoms with van der Waals surface area (Å²) in [5.41, 5.74) is 0.882. The lowest BCUT2D eigenvalue weighted by molar-refractivity contribution is 0.0946. The number of carbonyl (C=O) groups excluding carboxylic acids is 1. The van der Waals surface area contributed by atoms with Gasteiger partial charge < -0.3 is 10.1 Å². The van der Waals surface area contributed by atoms with Crippen LogP contribution >= 0.6 is 11.6 Å². The highest BCUT2D eigenvalue weighted by Crippen LogP contribution is 2.09. The number of hydrogen-bond acceptors (Lipinski definition) is 5. The molecule has 0 unspecified atom stereocenters. The second-order valence-corrected chi connectivity index (χ2v) is 4.41. The van der Waals surface area contributed by atoms with E-state index in [-0.39, 0.29) is 18.5 Å². The maximum absolute atomic E-state index is 11.8. The monoisotopic (exact) mass is 302 g/mol. The molecule has 1 amide bonds. The van der Waals surface area contributed by atoms with Crippen LogP contribution in [0.5, 0.6) is 6.01 Å². The van der Waals surface area contributed by atoms with Gasteiger partial charge in [-0.1, -0.05) is 11.6 Å². The molecule has 0 atom stereocenters. The average molecular weight is 303 g/mol. The Bertz CT molecular complexity index is 650. The third-order valence-electron chi connectivity index (χ3n) is 2.48. The van der Waals surface area contributed by atoms with E-state index in [4.69, 9.17) is 21.6 Å². The second-order valence-electron chi connectivity index (χ2n) is 3.98. The maximum atomic E-state index is 11.8. The molecule has 0 aliphatic heterocycles. The van der Waals surface area contributed by atoms with Crippen molar-refractivity contribution in [3.05, 3.63) is 52.8 Å². The number of amides is 1. The van der Waals surface area contributed by atoms with Gasteiger partial charge in [0.05, 0.1) is 24.5 Å². The lowest BCUT2D eigenvalue weighted by Gasteiger charge is -2.06. The molecule has 0 saturated heterocycles. The number of nitrogens with zero attached hydrogens (tertiary/aromatic N) is 3. The molecule has 1 heterocycles. The lowest BCUT2D eigenvalue weighted by Crippen LogP contribution is -2.28. The summed E-state index contributed by atoms with van der Waals surface area (Å²) in [6.07, 6.45) is 2.74. The molecule has 0 aliphatic rings. The SMILES string of the molecule is N#Cc1cnc(OCCNC(=O)c2ccc(Cl)cc2)nc1. The minimum atomic E-state index is -0.212. The van der Waals surface area contributed by atoms with E-state index in [0.717, 1.165) is 0 Å². The van der Waals surface area contributed by atoms with E-state index < -0.39 is 0 Å². The van der Waals surface area contributed by atoms with Crippen LogP contribution in [-0.2, 0) is 0 Å². The van der Waals surface area contributed by atoms with Gasteiger partial charge in [-0.2, -0.15) is 5.26 Å². The quantitative estimate of drug-likeness (QED) is 0.851. The minimum absolute atomic E-state index is 0.162. The summed E-state index contributed by atoms with van der Waals surface area (Å²) in [7, 11) is 0. The number of ether oxygens (including phenoxy) is 1. The number of halogens is 1. The number of nitriles is 1. The summed E-state index contributed by atoms with van der Waals surface area (Å²) < 4.78 is 5.24. The van der Waals surface area contributed by atoms with Gasteiger partial charge in [0.25, 0.3) is 5.91 Å². The molecule has 0 saturated carbocycles. The first-order chi connectivity index (χ1) is 10.2. The molecule has 6 nitrogen and oxygen atoms in total. The van der Waals surface area contributed by atoms with Crippen molar-refractivity contribution in [2.45, 2.75) is 0 Å². The largest absolute Gasteiger partial charge is 0.462 e. The molecule has 2 rings (SSSR count). The van der Waals surface area contributed by atoms with Gasteiger partial charge in [0.15, 0.2) is 0 Å². The Morgan fingerprint density at radius 1 is 1.29 bits per heavy atom. The third kappa shape index (κ3) is 4.44. The summed E-state index contributed by atoms with van der Waals surface area (Å²) in [5, 5.41) is 11.9. The maximum Gasteiger partial charge on any atom is 0.316 e. The highest BCUT2D eigenvalue weighted by atomic mass is 35.5. The number of rotatable bonds is 5. The van der Waals surface area contributed by atoms with Crippen molar-refractivity contribution in [3.8, 4) is 12.1 Å². The molecule has 7 heteroatoms. The lowest BCUT2D eigenvalue weighted by atomic mass is 10.2. The molecule has 1 aromatic carbocycles. The predicted octanol–water partition coefficient (Wildman–Crippen LogP) is 1.81. The Morgan fingerprint density at radius 2 is 1.95 bits per heavy atom. The molecule has 0 radical (unpaired) electrons. The van der Waals surface area contributed by atoms with Crippen molar-refractivity contribution in [3.63, 3.8) is 0 Å². The van der Waals surface area contributed by atoms with E-state index in [1.807, 2.05) is 6.07 Å². The molecule has 0 aliphatic carbocycles. The van der Waals surface area contributed by atoms with Crippen LogP contribution in [0.25, 0.3) is 0 Å². The minimum Gasteiger partial charge on any atom is -0.462 e. The Balaban J connectivity index is 1.75. The van der Waals surface area contributed by atoms with E-state index in [9.17, 15) is 4.79 Å². The summed E-state index contributed by atoms with van der Waals surface area (Å²) in [5.74, 6) is -0.212. The van der Waals surface area contributed by atoms with Gasteiger partial charge in [-0.25, -0.2) is 9.97 Å². The Hall–Kier alpha value is -2.65. The zero-order valence-electron chi connectivity index (χ0n) is 10.9. The van der Waals surface area contributed by atoms with Gasteiger partial charge in [-0.15, -0.1) is 0 Å². The van der Waals surface area contributed by atoms with Crippen LogP contribution in [0.3, 0.4) is 0 Å². The third-order valence-corrected chi connectivity index (χ3v) is 2.73. The summed E-state index contributed by atoms with van der Waals surface area (Å²) in [4.78, 5) is 19.5. The molecular formula is C14H11ClN4O2. The van der Waals surface area contributed by atoms with Gasteiger partial charge in [0.2, 0.25) is 0 Å². The van der Waals surface area contributed by atoms with Gasteiger partial charge >= 0.3 is 6.01 Å². The molecule has 1 N–H and O–H groups in total. The zero-order valence-corrected chi connectivity index (χ0v) is 11.7. The van der Waals surface area contributed by atoms with Crippen LogP contribution in [0.1, 0.15) is 15.9 Å². The van der Waals surface area contributed by atoms with E-state index in [2.05, 4.69) is 15.3 Å². The average Bonchev–Trinajstić information content (AvgIpc) is 2.52. The van der Waals surface area contributed by atoms with Gasteiger partial charge in [0.1, 0.15) is 12.7 Å². The van der Waals surface area contributed by atoms with Crippen LogP contribution < -0.4 is 10.1 Å². The molecule has 0 fully saturated rings. The van der Waals surface area contributed by atoms with Crippen molar-refractivity contribution in [2.75, 3.05) is 13.2 Å². The van der Waals surface area contributed by atoms with E-state index in [1.54, 1.807) is 24.3 Å². The molecule has 21 heavy (non-hydrogen) atoms. The highest BCUT2D eigenvalue weighted by molar-refractivity contribution is 6.30. The molecule has 0 bridgehead atoms. The van der Waals surface area contributed by atoms with Crippen molar-refractivity contribution < 1.29 is 9.53 Å². The van der Waals surface area contributed by atoms with Crippen LogP contribution in [0.2, 0.25) is 5.02 Å². The van der Waals surface area contributed by atoms with E-state index in [0.29, 0.717) is 22.7 Å².